The molecule has 1 aromatic rings. The van der Waals surface area contributed by atoms with E-state index in [2.05, 4.69) is 5.32 Å². The largest absolute Gasteiger partial charge is 0.383 e. The Labute approximate surface area is 137 Å². The van der Waals surface area contributed by atoms with E-state index in [-0.39, 0.29) is 30.6 Å². The van der Waals surface area contributed by atoms with Gasteiger partial charge in [0.15, 0.2) is 0 Å². The van der Waals surface area contributed by atoms with Crippen molar-refractivity contribution in [3.63, 3.8) is 0 Å². The lowest BCUT2D eigenvalue weighted by atomic mass is 10.1. The molecule has 1 heterocycles. The first-order chi connectivity index (χ1) is 11.3. The van der Waals surface area contributed by atoms with Crippen LogP contribution in [0.3, 0.4) is 0 Å². The molecule has 24 heavy (non-hydrogen) atoms. The predicted octanol–water partition coefficient (Wildman–Crippen LogP) is 1.56. The minimum atomic E-state index is -0.978. The second-order valence-corrected chi connectivity index (χ2v) is 5.66. The van der Waals surface area contributed by atoms with Gasteiger partial charge in [-0.15, -0.1) is 0 Å². The fourth-order valence-corrected chi connectivity index (χ4v) is 2.64. The fraction of sp³-hybridized carbons (Fsp3) is 0.467. The van der Waals surface area contributed by atoms with Gasteiger partial charge in [-0.2, -0.15) is 4.39 Å². The van der Waals surface area contributed by atoms with Gasteiger partial charge in [0.1, 0.15) is 0 Å². The maximum atomic E-state index is 13.3. The summed E-state index contributed by atoms with van der Waals surface area (Å²) in [5, 5.41) is 13.2. The number of halogens is 1. The molecule has 0 aliphatic carbocycles. The number of carbonyl (C=O) groups is 2. The molecule has 0 aromatic heterocycles. The number of benzene rings is 1. The van der Waals surface area contributed by atoms with Crippen molar-refractivity contribution in [2.24, 2.45) is 5.92 Å². The third-order valence-corrected chi connectivity index (χ3v) is 3.88. The quantitative estimate of drug-likeness (QED) is 0.626. The van der Waals surface area contributed by atoms with Crippen LogP contribution in [0.15, 0.2) is 18.2 Å². The van der Waals surface area contributed by atoms with E-state index in [0.717, 1.165) is 12.1 Å². The molecule has 0 bridgehead atoms. The summed E-state index contributed by atoms with van der Waals surface area (Å²) in [4.78, 5) is 35.7. The Hall–Kier alpha value is -2.55. The zero-order chi connectivity index (χ0) is 17.9. The predicted molar refractivity (Wildman–Crippen MR) is 82.8 cm³/mol. The van der Waals surface area contributed by atoms with Crippen molar-refractivity contribution in [2.75, 3.05) is 25.6 Å². The van der Waals surface area contributed by atoms with E-state index < -0.39 is 28.3 Å². The molecule has 8 nitrogen and oxygen atoms in total. The summed E-state index contributed by atoms with van der Waals surface area (Å²) in [6.07, 6.45) is 0.0587. The Morgan fingerprint density at radius 3 is 2.92 bits per heavy atom. The molecule has 1 aromatic carbocycles. The monoisotopic (exact) mass is 339 g/mol. The zero-order valence-electron chi connectivity index (χ0n) is 13.3. The maximum absolute atomic E-state index is 13.3. The first kappa shape index (κ1) is 17.8. The topological polar surface area (TPSA) is 102 Å². The zero-order valence-corrected chi connectivity index (χ0v) is 13.3. The molecule has 0 radical (unpaired) electrons. The number of hydrogen-bond donors (Lipinski definition) is 1. The van der Waals surface area contributed by atoms with Gasteiger partial charge in [-0.25, -0.2) is 0 Å². The second-order valence-electron chi connectivity index (χ2n) is 5.66. The highest BCUT2D eigenvalue weighted by Gasteiger charge is 2.36. The highest BCUT2D eigenvalue weighted by Crippen LogP contribution is 2.25. The number of amides is 2. The number of nitrogens with zero attached hydrogens (tertiary/aromatic N) is 2. The third-order valence-electron chi connectivity index (χ3n) is 3.88. The van der Waals surface area contributed by atoms with E-state index in [1.54, 1.807) is 4.90 Å². The number of anilines is 1. The molecule has 1 aliphatic rings. The van der Waals surface area contributed by atoms with Crippen LogP contribution < -0.4 is 5.32 Å². The molecule has 1 saturated heterocycles. The van der Waals surface area contributed by atoms with Crippen LogP contribution in [0, 0.1) is 21.8 Å². The summed E-state index contributed by atoms with van der Waals surface area (Å²) in [5.41, 5.74) is -0.602. The number of nitro groups is 1. The van der Waals surface area contributed by atoms with Gasteiger partial charge >= 0.3 is 5.69 Å². The Morgan fingerprint density at radius 1 is 1.58 bits per heavy atom. The van der Waals surface area contributed by atoms with Crippen LogP contribution in [0.4, 0.5) is 15.8 Å². The Balaban J connectivity index is 2.04. The first-order valence-corrected chi connectivity index (χ1v) is 7.36. The standard InChI is InChI=1S/C15H18FN3O5/c1-9(8-24-2)18-7-10(5-14(18)20)15(21)17-11-3-4-12(16)13(6-11)19(22)23/h3-4,6,9-10H,5,7-8H2,1-2H3,(H,17,21)/t9-,10-/m0/s1. The van der Waals surface area contributed by atoms with E-state index in [4.69, 9.17) is 4.74 Å². The lowest BCUT2D eigenvalue weighted by Crippen LogP contribution is -2.38. The van der Waals surface area contributed by atoms with Crippen molar-refractivity contribution < 1.29 is 23.6 Å². The molecule has 0 saturated carbocycles. The average molecular weight is 339 g/mol. The normalized spacial score (nSPS) is 18.5. The first-order valence-electron chi connectivity index (χ1n) is 7.36. The van der Waals surface area contributed by atoms with Crippen LogP contribution >= 0.6 is 0 Å². The van der Waals surface area contributed by atoms with Crippen molar-refractivity contribution in [3.05, 3.63) is 34.1 Å². The van der Waals surface area contributed by atoms with E-state index in [1.165, 1.54) is 13.2 Å². The molecule has 2 amide bonds. The van der Waals surface area contributed by atoms with Crippen molar-refractivity contribution in [3.8, 4) is 0 Å². The van der Waals surface area contributed by atoms with E-state index >= 15 is 0 Å². The van der Waals surface area contributed by atoms with Gasteiger partial charge in [-0.05, 0) is 19.1 Å². The number of nitro benzene ring substituents is 1. The number of nitrogens with one attached hydrogen (secondary N) is 1. The van der Waals surface area contributed by atoms with Crippen LogP contribution in [0.5, 0.6) is 0 Å². The van der Waals surface area contributed by atoms with Crippen LogP contribution in [0.1, 0.15) is 13.3 Å². The highest BCUT2D eigenvalue weighted by molar-refractivity contribution is 5.97. The summed E-state index contributed by atoms with van der Waals surface area (Å²) in [7, 11) is 1.53. The van der Waals surface area contributed by atoms with Crippen molar-refractivity contribution in [1.82, 2.24) is 4.90 Å². The van der Waals surface area contributed by atoms with Gasteiger partial charge in [-0.3, -0.25) is 19.7 Å². The SMILES string of the molecule is COC[C@H](C)N1C[C@@H](C(=O)Nc2ccc(F)c([N+](=O)[O-])c2)CC1=O. The number of methoxy groups -OCH3 is 1. The molecular formula is C15H18FN3O5. The molecule has 2 rings (SSSR count). The number of carbonyl (C=O) groups excluding carboxylic acids is 2. The molecule has 1 N–H and O–H groups in total. The molecule has 0 unspecified atom stereocenters. The van der Waals surface area contributed by atoms with Crippen LogP contribution in [-0.4, -0.2) is 47.9 Å². The fourth-order valence-electron chi connectivity index (χ4n) is 2.64. The Bertz CT molecular complexity index is 667. The molecule has 1 fully saturated rings. The summed E-state index contributed by atoms with van der Waals surface area (Å²) in [6.45, 7) is 2.44. The summed E-state index contributed by atoms with van der Waals surface area (Å²) < 4.78 is 18.3. The van der Waals surface area contributed by atoms with E-state index in [1.807, 2.05) is 6.92 Å². The number of likely N-dealkylation sites (tertiary alicyclic amines) is 1. The minimum Gasteiger partial charge on any atom is -0.383 e. The summed E-state index contributed by atoms with van der Waals surface area (Å²) in [6, 6.07) is 2.96. The van der Waals surface area contributed by atoms with Crippen molar-refractivity contribution in [2.45, 2.75) is 19.4 Å². The molecule has 1 aliphatic heterocycles. The van der Waals surface area contributed by atoms with Gasteiger partial charge in [0.2, 0.25) is 17.6 Å². The van der Waals surface area contributed by atoms with E-state index in [0.29, 0.717) is 6.61 Å². The van der Waals surface area contributed by atoms with Gasteiger partial charge in [0, 0.05) is 31.8 Å². The smallest absolute Gasteiger partial charge is 0.306 e. The minimum absolute atomic E-state index is 0.0587. The molecule has 2 atom stereocenters. The average Bonchev–Trinajstić information content (AvgIpc) is 2.91. The lowest BCUT2D eigenvalue weighted by molar-refractivity contribution is -0.387. The van der Waals surface area contributed by atoms with Crippen LogP contribution in [0.2, 0.25) is 0 Å². The maximum Gasteiger partial charge on any atom is 0.306 e. The van der Waals surface area contributed by atoms with Crippen molar-refractivity contribution >= 4 is 23.2 Å². The summed E-state index contributed by atoms with van der Waals surface area (Å²) >= 11 is 0. The van der Waals surface area contributed by atoms with Gasteiger partial charge in [0.05, 0.1) is 23.5 Å². The number of hydrogen-bond acceptors (Lipinski definition) is 5. The molecular weight excluding hydrogens is 321 g/mol. The third kappa shape index (κ3) is 3.85. The van der Waals surface area contributed by atoms with Crippen LogP contribution in [0.25, 0.3) is 0 Å². The van der Waals surface area contributed by atoms with E-state index in [9.17, 15) is 24.1 Å². The second kappa shape index (κ2) is 7.35. The molecule has 9 heteroatoms. The van der Waals surface area contributed by atoms with Crippen LogP contribution in [-0.2, 0) is 14.3 Å². The Kier molecular flexibility index (Phi) is 5.45. The van der Waals surface area contributed by atoms with Gasteiger partial charge < -0.3 is 15.0 Å². The number of rotatable bonds is 6. The van der Waals surface area contributed by atoms with Gasteiger partial charge in [-0.1, -0.05) is 0 Å². The lowest BCUT2D eigenvalue weighted by Gasteiger charge is -2.23. The number of ether oxygens (including phenoxy) is 1. The molecule has 0 spiro atoms. The van der Waals surface area contributed by atoms with Crippen molar-refractivity contribution in [1.29, 1.82) is 0 Å². The summed E-state index contributed by atoms with van der Waals surface area (Å²) in [5.74, 6) is -2.13. The highest BCUT2D eigenvalue weighted by atomic mass is 19.1. The molecule has 130 valence electrons. The van der Waals surface area contributed by atoms with Gasteiger partial charge in [0.25, 0.3) is 0 Å². The Morgan fingerprint density at radius 2 is 2.29 bits per heavy atom.